The first-order chi connectivity index (χ1) is 12.9. The molecule has 27 heavy (non-hydrogen) atoms. The molecule has 0 spiro atoms. The Morgan fingerprint density at radius 2 is 1.81 bits per heavy atom. The van der Waals surface area contributed by atoms with E-state index in [4.69, 9.17) is 4.74 Å². The highest BCUT2D eigenvalue weighted by molar-refractivity contribution is 5.84. The summed E-state index contributed by atoms with van der Waals surface area (Å²) in [5.74, 6) is 0.977. The molecule has 0 unspecified atom stereocenters. The lowest BCUT2D eigenvalue weighted by Gasteiger charge is -2.21. The number of aromatic nitrogens is 1. The fourth-order valence-corrected chi connectivity index (χ4v) is 3.39. The van der Waals surface area contributed by atoms with Crippen molar-refractivity contribution in [2.24, 2.45) is 5.41 Å². The second-order valence-corrected chi connectivity index (χ2v) is 8.16. The van der Waals surface area contributed by atoms with E-state index in [0.717, 1.165) is 16.8 Å². The van der Waals surface area contributed by atoms with Crippen molar-refractivity contribution in [2.45, 2.75) is 33.1 Å². The molecule has 1 aromatic heterocycles. The summed E-state index contributed by atoms with van der Waals surface area (Å²) in [4.78, 5) is 15.7. The van der Waals surface area contributed by atoms with Crippen LogP contribution < -0.4 is 10.1 Å². The average molecular weight is 364 g/mol. The topological polar surface area (TPSA) is 54.1 Å². The highest BCUT2D eigenvalue weighted by Gasteiger charge is 2.21. The third kappa shape index (κ3) is 4.70. The molecule has 1 amide bonds. The number of methoxy groups -OCH3 is 1. The molecule has 0 fully saturated rings. The third-order valence-corrected chi connectivity index (χ3v) is 4.71. The average Bonchev–Trinajstić information content (AvgIpc) is 3.05. The van der Waals surface area contributed by atoms with Gasteiger partial charge >= 0.3 is 0 Å². The SMILES string of the molecule is COc1ccc([C@H](CNC(=O)CC(C)(C)C)c2c[nH]c3ccccc23)cc1. The van der Waals surface area contributed by atoms with E-state index >= 15 is 0 Å². The molecule has 0 aliphatic heterocycles. The quantitative estimate of drug-likeness (QED) is 0.656. The van der Waals surface area contributed by atoms with Crippen molar-refractivity contribution < 1.29 is 9.53 Å². The fraction of sp³-hybridized carbons (Fsp3) is 0.348. The van der Waals surface area contributed by atoms with Crippen LogP contribution in [0.1, 0.15) is 44.2 Å². The first-order valence-electron chi connectivity index (χ1n) is 9.34. The van der Waals surface area contributed by atoms with Gasteiger partial charge in [-0.3, -0.25) is 4.79 Å². The first-order valence-corrected chi connectivity index (χ1v) is 9.34. The molecule has 4 nitrogen and oxygen atoms in total. The lowest BCUT2D eigenvalue weighted by atomic mass is 9.89. The number of H-pyrrole nitrogens is 1. The Bertz CT molecular complexity index is 904. The fourth-order valence-electron chi connectivity index (χ4n) is 3.39. The molecule has 0 aliphatic rings. The standard InChI is InChI=1S/C23H28N2O2/c1-23(2,3)13-22(26)25-14-19(16-9-11-17(27-4)12-10-16)20-15-24-21-8-6-5-7-18(20)21/h5-12,15,19,24H,13-14H2,1-4H3,(H,25,26)/t19-/m0/s1. The minimum atomic E-state index is -0.0273. The van der Waals surface area contributed by atoms with Crippen molar-refractivity contribution in [1.29, 1.82) is 0 Å². The van der Waals surface area contributed by atoms with Gasteiger partial charge in [0.15, 0.2) is 0 Å². The van der Waals surface area contributed by atoms with Gasteiger partial charge in [-0.05, 0) is 34.7 Å². The predicted octanol–water partition coefficient (Wildman–Crippen LogP) is 4.86. The number of rotatable bonds is 6. The number of para-hydroxylation sites is 1. The lowest BCUT2D eigenvalue weighted by molar-refractivity contribution is -0.122. The van der Waals surface area contributed by atoms with Gasteiger partial charge in [0.2, 0.25) is 5.91 Å². The molecule has 0 bridgehead atoms. The molecule has 4 heteroatoms. The number of fused-ring (bicyclic) bond motifs is 1. The molecule has 1 heterocycles. The van der Waals surface area contributed by atoms with Crippen LogP contribution in [0.2, 0.25) is 0 Å². The Kier molecular flexibility index (Phi) is 5.54. The molecular weight excluding hydrogens is 336 g/mol. The zero-order chi connectivity index (χ0) is 19.4. The molecule has 0 radical (unpaired) electrons. The minimum absolute atomic E-state index is 0.0273. The monoisotopic (exact) mass is 364 g/mol. The minimum Gasteiger partial charge on any atom is -0.497 e. The summed E-state index contributed by atoms with van der Waals surface area (Å²) in [6.07, 6.45) is 2.56. The lowest BCUT2D eigenvalue weighted by Crippen LogP contribution is -2.31. The third-order valence-electron chi connectivity index (χ3n) is 4.71. The Balaban J connectivity index is 1.90. The van der Waals surface area contributed by atoms with Gasteiger partial charge in [-0.15, -0.1) is 0 Å². The Morgan fingerprint density at radius 1 is 1.11 bits per heavy atom. The summed E-state index contributed by atoms with van der Waals surface area (Å²) in [7, 11) is 1.67. The smallest absolute Gasteiger partial charge is 0.220 e. The number of aromatic amines is 1. The second kappa shape index (κ2) is 7.87. The largest absolute Gasteiger partial charge is 0.497 e. The van der Waals surface area contributed by atoms with Gasteiger partial charge in [-0.25, -0.2) is 0 Å². The number of benzene rings is 2. The van der Waals surface area contributed by atoms with Crippen LogP contribution in [0.15, 0.2) is 54.7 Å². The summed E-state index contributed by atoms with van der Waals surface area (Å²) in [6.45, 7) is 6.79. The Morgan fingerprint density at radius 3 is 2.48 bits per heavy atom. The van der Waals surface area contributed by atoms with Crippen LogP contribution in [0, 0.1) is 5.41 Å². The number of hydrogen-bond acceptors (Lipinski definition) is 2. The van der Waals surface area contributed by atoms with Gasteiger partial charge in [0.1, 0.15) is 5.75 Å². The van der Waals surface area contributed by atoms with E-state index in [9.17, 15) is 4.79 Å². The van der Waals surface area contributed by atoms with E-state index < -0.39 is 0 Å². The summed E-state index contributed by atoms with van der Waals surface area (Å²) in [5.41, 5.74) is 3.41. The van der Waals surface area contributed by atoms with E-state index in [2.05, 4.69) is 61.5 Å². The van der Waals surface area contributed by atoms with E-state index in [1.54, 1.807) is 7.11 Å². The normalized spacial score (nSPS) is 12.7. The summed E-state index contributed by atoms with van der Waals surface area (Å²) in [6, 6.07) is 16.3. The number of hydrogen-bond donors (Lipinski definition) is 2. The van der Waals surface area contributed by atoms with E-state index in [-0.39, 0.29) is 17.2 Å². The molecule has 2 aromatic carbocycles. The van der Waals surface area contributed by atoms with Gasteiger partial charge in [0.05, 0.1) is 7.11 Å². The van der Waals surface area contributed by atoms with Crippen molar-refractivity contribution >= 4 is 16.8 Å². The maximum atomic E-state index is 12.4. The molecule has 3 rings (SSSR count). The van der Waals surface area contributed by atoms with Crippen LogP contribution in [-0.2, 0) is 4.79 Å². The summed E-state index contributed by atoms with van der Waals surface area (Å²) < 4.78 is 5.29. The van der Waals surface area contributed by atoms with Gasteiger partial charge in [0.25, 0.3) is 0 Å². The van der Waals surface area contributed by atoms with Gasteiger partial charge < -0.3 is 15.0 Å². The van der Waals surface area contributed by atoms with Crippen molar-refractivity contribution in [3.05, 3.63) is 65.9 Å². The zero-order valence-corrected chi connectivity index (χ0v) is 16.5. The van der Waals surface area contributed by atoms with Crippen LogP contribution in [0.3, 0.4) is 0 Å². The van der Waals surface area contributed by atoms with Crippen molar-refractivity contribution in [3.63, 3.8) is 0 Å². The molecule has 2 N–H and O–H groups in total. The van der Waals surface area contributed by atoms with Gasteiger partial charge in [-0.1, -0.05) is 51.1 Å². The molecular formula is C23H28N2O2. The predicted molar refractivity (Wildman–Crippen MR) is 110 cm³/mol. The van der Waals surface area contributed by atoms with Crippen LogP contribution in [-0.4, -0.2) is 24.5 Å². The van der Waals surface area contributed by atoms with Crippen molar-refractivity contribution in [2.75, 3.05) is 13.7 Å². The van der Waals surface area contributed by atoms with E-state index in [0.29, 0.717) is 13.0 Å². The Hall–Kier alpha value is -2.75. The molecule has 1 atom stereocenters. The summed E-state index contributed by atoms with van der Waals surface area (Å²) >= 11 is 0. The number of amides is 1. The number of carbonyl (C=O) groups is 1. The second-order valence-electron chi connectivity index (χ2n) is 8.16. The molecule has 142 valence electrons. The van der Waals surface area contributed by atoms with Crippen LogP contribution in [0.5, 0.6) is 5.75 Å². The number of carbonyl (C=O) groups excluding carboxylic acids is 1. The van der Waals surface area contributed by atoms with E-state index in [1.165, 1.54) is 10.9 Å². The van der Waals surface area contributed by atoms with Crippen molar-refractivity contribution in [1.82, 2.24) is 10.3 Å². The molecule has 0 saturated heterocycles. The summed E-state index contributed by atoms with van der Waals surface area (Å²) in [5, 5.41) is 4.32. The van der Waals surface area contributed by atoms with E-state index in [1.807, 2.05) is 24.3 Å². The van der Waals surface area contributed by atoms with Crippen LogP contribution >= 0.6 is 0 Å². The van der Waals surface area contributed by atoms with Gasteiger partial charge in [-0.2, -0.15) is 0 Å². The van der Waals surface area contributed by atoms with Crippen LogP contribution in [0.4, 0.5) is 0 Å². The zero-order valence-electron chi connectivity index (χ0n) is 16.5. The highest BCUT2D eigenvalue weighted by atomic mass is 16.5. The maximum Gasteiger partial charge on any atom is 0.220 e. The maximum absolute atomic E-state index is 12.4. The van der Waals surface area contributed by atoms with Crippen LogP contribution in [0.25, 0.3) is 10.9 Å². The first kappa shape index (κ1) is 19.0. The highest BCUT2D eigenvalue weighted by Crippen LogP contribution is 2.31. The van der Waals surface area contributed by atoms with Gasteiger partial charge in [0, 0.05) is 36.0 Å². The Labute approximate surface area is 160 Å². The molecule has 0 saturated carbocycles. The number of nitrogens with one attached hydrogen (secondary N) is 2. The van der Waals surface area contributed by atoms with Crippen molar-refractivity contribution in [3.8, 4) is 5.75 Å². The number of ether oxygens (including phenoxy) is 1. The molecule has 3 aromatic rings. The molecule has 0 aliphatic carbocycles.